The summed E-state index contributed by atoms with van der Waals surface area (Å²) in [6, 6.07) is 0. The minimum Gasteiger partial charge on any atom is -0.396 e. The van der Waals surface area contributed by atoms with E-state index in [1.54, 1.807) is 0 Å². The number of hydrogen-bond donors (Lipinski definition) is 3. The van der Waals surface area contributed by atoms with Crippen molar-refractivity contribution < 1.29 is 10.2 Å². The highest BCUT2D eigenvalue weighted by molar-refractivity contribution is 4.86. The van der Waals surface area contributed by atoms with Gasteiger partial charge < -0.3 is 15.5 Å². The largest absolute Gasteiger partial charge is 0.396 e. The lowest BCUT2D eigenvalue weighted by Gasteiger charge is -2.35. The van der Waals surface area contributed by atoms with Crippen molar-refractivity contribution in [3.63, 3.8) is 0 Å². The second-order valence-corrected chi connectivity index (χ2v) is 5.03. The van der Waals surface area contributed by atoms with Crippen LogP contribution in [0.3, 0.4) is 0 Å². The highest BCUT2D eigenvalue weighted by Gasteiger charge is 2.31. The molecule has 0 bridgehead atoms. The van der Waals surface area contributed by atoms with Crippen molar-refractivity contribution in [1.82, 2.24) is 5.32 Å². The Bertz CT molecular complexity index is 175. The lowest BCUT2D eigenvalue weighted by molar-refractivity contribution is -0.0116. The van der Waals surface area contributed by atoms with Crippen molar-refractivity contribution in [3.05, 3.63) is 0 Å². The first-order valence-electron chi connectivity index (χ1n) is 6.20. The zero-order valence-corrected chi connectivity index (χ0v) is 9.84. The van der Waals surface area contributed by atoms with Gasteiger partial charge in [-0.05, 0) is 38.1 Å². The van der Waals surface area contributed by atoms with Gasteiger partial charge in [-0.2, -0.15) is 0 Å². The normalized spacial score (nSPS) is 31.8. The summed E-state index contributed by atoms with van der Waals surface area (Å²) in [7, 11) is 0. The summed E-state index contributed by atoms with van der Waals surface area (Å²) in [6.45, 7) is 4.10. The number of hydrogen-bond acceptors (Lipinski definition) is 3. The maximum absolute atomic E-state index is 10.3. The topological polar surface area (TPSA) is 52.5 Å². The van der Waals surface area contributed by atoms with Crippen LogP contribution in [0, 0.1) is 5.92 Å². The Morgan fingerprint density at radius 3 is 2.87 bits per heavy atom. The quantitative estimate of drug-likeness (QED) is 0.585. The van der Waals surface area contributed by atoms with Crippen molar-refractivity contribution in [3.8, 4) is 0 Å². The maximum Gasteiger partial charge on any atom is 0.0774 e. The molecule has 1 aliphatic rings. The first kappa shape index (κ1) is 12.9. The molecule has 0 radical (unpaired) electrons. The average Bonchev–Trinajstić information content (AvgIpc) is 2.17. The molecule has 15 heavy (non-hydrogen) atoms. The summed E-state index contributed by atoms with van der Waals surface area (Å²) >= 11 is 0. The Morgan fingerprint density at radius 1 is 1.40 bits per heavy atom. The molecule has 0 heterocycles. The van der Waals surface area contributed by atoms with Gasteiger partial charge in [0, 0.05) is 13.2 Å². The van der Waals surface area contributed by atoms with Crippen molar-refractivity contribution in [2.45, 2.75) is 51.0 Å². The summed E-state index contributed by atoms with van der Waals surface area (Å²) in [4.78, 5) is 0. The molecule has 3 nitrogen and oxygen atoms in total. The van der Waals surface area contributed by atoms with E-state index in [-0.39, 0.29) is 6.61 Å². The molecule has 0 aromatic carbocycles. The Hall–Kier alpha value is -0.120. The Balaban J connectivity index is 2.12. The molecule has 2 atom stereocenters. The Morgan fingerprint density at radius 2 is 2.20 bits per heavy atom. The molecule has 1 saturated carbocycles. The molecule has 2 unspecified atom stereocenters. The van der Waals surface area contributed by atoms with E-state index in [1.165, 1.54) is 6.42 Å². The van der Waals surface area contributed by atoms with Gasteiger partial charge in [0.25, 0.3) is 0 Å². The molecular weight excluding hydrogens is 190 g/mol. The monoisotopic (exact) mass is 215 g/mol. The number of unbranched alkanes of at least 4 members (excludes halogenated alkanes) is 1. The summed E-state index contributed by atoms with van der Waals surface area (Å²) < 4.78 is 0. The van der Waals surface area contributed by atoms with Crippen molar-refractivity contribution >= 4 is 0 Å². The van der Waals surface area contributed by atoms with Crippen LogP contribution in [0.25, 0.3) is 0 Å². The van der Waals surface area contributed by atoms with Crippen molar-refractivity contribution in [2.75, 3.05) is 19.7 Å². The molecule has 0 saturated heterocycles. The maximum atomic E-state index is 10.3. The zero-order chi connectivity index (χ0) is 11.1. The van der Waals surface area contributed by atoms with E-state index >= 15 is 0 Å². The van der Waals surface area contributed by atoms with Gasteiger partial charge in [0.1, 0.15) is 0 Å². The minimum atomic E-state index is -0.475. The molecule has 0 aromatic rings. The molecule has 3 heteroatoms. The van der Waals surface area contributed by atoms with Crippen molar-refractivity contribution in [2.24, 2.45) is 5.92 Å². The first-order valence-corrected chi connectivity index (χ1v) is 6.20. The molecular formula is C12H25NO2. The standard InChI is InChI=1S/C12H25NO2/c1-11-5-4-6-12(15,9-11)10-13-7-2-3-8-14/h11,13-15H,2-10H2,1H3. The second-order valence-electron chi connectivity index (χ2n) is 5.03. The number of aliphatic hydroxyl groups is 2. The Kier molecular flexibility index (Phi) is 5.58. The Labute approximate surface area is 92.9 Å². The van der Waals surface area contributed by atoms with Gasteiger partial charge in [-0.25, -0.2) is 0 Å². The molecule has 0 spiro atoms. The van der Waals surface area contributed by atoms with Gasteiger partial charge in [-0.1, -0.05) is 19.8 Å². The molecule has 1 aliphatic carbocycles. The van der Waals surface area contributed by atoms with Crippen LogP contribution in [0.5, 0.6) is 0 Å². The van der Waals surface area contributed by atoms with Gasteiger partial charge in [-0.3, -0.25) is 0 Å². The fraction of sp³-hybridized carbons (Fsp3) is 1.00. The summed E-state index contributed by atoms with van der Waals surface area (Å²) in [6.07, 6.45) is 6.11. The van der Waals surface area contributed by atoms with Gasteiger partial charge >= 0.3 is 0 Å². The molecule has 1 rings (SSSR count). The second kappa shape index (κ2) is 6.46. The smallest absolute Gasteiger partial charge is 0.0774 e. The van der Waals surface area contributed by atoms with Crippen LogP contribution in [-0.2, 0) is 0 Å². The van der Waals surface area contributed by atoms with Crippen LogP contribution >= 0.6 is 0 Å². The molecule has 90 valence electrons. The molecule has 3 N–H and O–H groups in total. The summed E-state index contributed by atoms with van der Waals surface area (Å²) in [5.74, 6) is 0.656. The average molecular weight is 215 g/mol. The van der Waals surface area contributed by atoms with Crippen LogP contribution in [0.15, 0.2) is 0 Å². The van der Waals surface area contributed by atoms with E-state index in [4.69, 9.17) is 5.11 Å². The third-order valence-electron chi connectivity index (χ3n) is 3.28. The van der Waals surface area contributed by atoms with Crippen LogP contribution in [-0.4, -0.2) is 35.5 Å². The van der Waals surface area contributed by atoms with Crippen LogP contribution in [0.2, 0.25) is 0 Å². The van der Waals surface area contributed by atoms with E-state index in [2.05, 4.69) is 12.2 Å². The van der Waals surface area contributed by atoms with Gasteiger partial charge in [0.2, 0.25) is 0 Å². The number of nitrogens with one attached hydrogen (secondary N) is 1. The molecule has 1 fully saturated rings. The number of aliphatic hydroxyl groups excluding tert-OH is 1. The van der Waals surface area contributed by atoms with E-state index in [0.717, 1.165) is 38.6 Å². The van der Waals surface area contributed by atoms with E-state index < -0.39 is 5.60 Å². The van der Waals surface area contributed by atoms with Gasteiger partial charge in [0.05, 0.1) is 5.60 Å². The summed E-state index contributed by atoms with van der Waals surface area (Å²) in [5.41, 5.74) is -0.475. The highest BCUT2D eigenvalue weighted by Crippen LogP contribution is 2.31. The molecule has 0 aromatic heterocycles. The lowest BCUT2D eigenvalue weighted by atomic mass is 9.79. The summed E-state index contributed by atoms with van der Waals surface area (Å²) in [5, 5.41) is 22.2. The van der Waals surface area contributed by atoms with Crippen LogP contribution < -0.4 is 5.32 Å². The van der Waals surface area contributed by atoms with Gasteiger partial charge in [-0.15, -0.1) is 0 Å². The zero-order valence-electron chi connectivity index (χ0n) is 9.84. The number of rotatable bonds is 6. The van der Waals surface area contributed by atoms with Crippen molar-refractivity contribution in [1.29, 1.82) is 0 Å². The van der Waals surface area contributed by atoms with Crippen LogP contribution in [0.4, 0.5) is 0 Å². The van der Waals surface area contributed by atoms with Gasteiger partial charge in [0.15, 0.2) is 0 Å². The molecule has 0 amide bonds. The van der Waals surface area contributed by atoms with Crippen LogP contribution in [0.1, 0.15) is 45.4 Å². The fourth-order valence-corrected chi connectivity index (χ4v) is 2.48. The van der Waals surface area contributed by atoms with E-state index in [1.807, 2.05) is 0 Å². The lowest BCUT2D eigenvalue weighted by Crippen LogP contribution is -2.44. The fourth-order valence-electron chi connectivity index (χ4n) is 2.48. The highest BCUT2D eigenvalue weighted by atomic mass is 16.3. The van der Waals surface area contributed by atoms with E-state index in [9.17, 15) is 5.11 Å². The predicted molar refractivity (Wildman–Crippen MR) is 61.8 cm³/mol. The molecule has 0 aliphatic heterocycles. The van der Waals surface area contributed by atoms with E-state index in [0.29, 0.717) is 12.5 Å². The first-order chi connectivity index (χ1) is 7.16. The predicted octanol–water partition coefficient (Wildman–Crippen LogP) is 1.29. The third-order valence-corrected chi connectivity index (χ3v) is 3.28. The SMILES string of the molecule is CC1CCCC(O)(CNCCCCO)C1. The minimum absolute atomic E-state index is 0.267. The third kappa shape index (κ3) is 4.96.